The average molecular weight is 461 g/mol. The summed E-state index contributed by atoms with van der Waals surface area (Å²) in [5, 5.41) is 6.68. The Kier molecular flexibility index (Phi) is 4.33. The van der Waals surface area contributed by atoms with Crippen LogP contribution in [0.4, 0.5) is 11.4 Å². The molecule has 1 atom stereocenters. The van der Waals surface area contributed by atoms with Gasteiger partial charge in [-0.3, -0.25) is 0 Å². The lowest BCUT2D eigenvalue weighted by Crippen LogP contribution is -1.98. The predicted molar refractivity (Wildman–Crippen MR) is 140 cm³/mol. The van der Waals surface area contributed by atoms with E-state index in [4.69, 9.17) is 16.3 Å². The van der Waals surface area contributed by atoms with E-state index < -0.39 is 0 Å². The summed E-state index contributed by atoms with van der Waals surface area (Å²) in [7, 11) is 0. The van der Waals surface area contributed by atoms with Gasteiger partial charge in [0, 0.05) is 38.7 Å². The highest BCUT2D eigenvalue weighted by molar-refractivity contribution is 6.31. The van der Waals surface area contributed by atoms with Crippen LogP contribution in [0.5, 0.6) is 5.75 Å². The Hall–Kier alpha value is -3.95. The molecular weight excluding hydrogens is 440 g/mol. The van der Waals surface area contributed by atoms with Gasteiger partial charge in [-0.1, -0.05) is 60.2 Å². The number of benzene rings is 4. The van der Waals surface area contributed by atoms with E-state index in [0.717, 1.165) is 51.0 Å². The topological polar surface area (TPSA) is 26.2 Å². The molecule has 1 aromatic heterocycles. The summed E-state index contributed by atoms with van der Waals surface area (Å²) in [5.41, 5.74) is 6.66. The molecule has 4 heteroatoms. The quantitative estimate of drug-likeness (QED) is 0.285. The summed E-state index contributed by atoms with van der Waals surface area (Å²) in [4.78, 5) is 0. The first kappa shape index (κ1) is 19.5. The number of nitrogens with zero attached hydrogens (tertiary/aromatic N) is 1. The molecule has 0 bridgehead atoms. The number of hydrogen-bond donors (Lipinski definition) is 1. The summed E-state index contributed by atoms with van der Waals surface area (Å²) in [5.74, 6) is 2.46. The fourth-order valence-corrected chi connectivity index (χ4v) is 5.17. The number of nitrogens with one attached hydrogen (secondary N) is 1. The Balaban J connectivity index is 1.22. The van der Waals surface area contributed by atoms with Crippen molar-refractivity contribution in [2.45, 2.75) is 6.42 Å². The molecule has 0 saturated carbocycles. The van der Waals surface area contributed by atoms with Gasteiger partial charge in [0.05, 0.1) is 16.7 Å². The zero-order valence-electron chi connectivity index (χ0n) is 18.3. The number of hydrogen-bond acceptors (Lipinski definition) is 2. The summed E-state index contributed by atoms with van der Waals surface area (Å²) in [6, 6.07) is 31.2. The Bertz CT molecular complexity index is 1640. The lowest BCUT2D eigenvalue weighted by molar-refractivity contribution is 0.425. The molecule has 7 rings (SSSR count). The normalized spacial score (nSPS) is 16.3. The minimum absolute atomic E-state index is 0.493. The van der Waals surface area contributed by atoms with Gasteiger partial charge in [-0.05, 0) is 61.0 Å². The molecule has 1 unspecified atom stereocenters. The Morgan fingerprint density at radius 2 is 1.62 bits per heavy atom. The minimum atomic E-state index is 0.493. The van der Waals surface area contributed by atoms with Crippen molar-refractivity contribution in [2.24, 2.45) is 5.92 Å². The Labute approximate surface area is 202 Å². The first-order valence-electron chi connectivity index (χ1n) is 11.5. The molecule has 2 aliphatic rings. The number of ether oxygens (including phenoxy) is 1. The fraction of sp³-hybridized carbons (Fsp3) is 0.0667. The molecule has 0 fully saturated rings. The van der Waals surface area contributed by atoms with Gasteiger partial charge >= 0.3 is 0 Å². The average Bonchev–Trinajstić information content (AvgIpc) is 3.19. The summed E-state index contributed by atoms with van der Waals surface area (Å²) in [6.07, 6.45) is 5.45. The summed E-state index contributed by atoms with van der Waals surface area (Å²) < 4.78 is 8.50. The Morgan fingerprint density at radius 1 is 0.824 bits per heavy atom. The van der Waals surface area contributed by atoms with Crippen molar-refractivity contribution in [3.8, 4) is 11.4 Å². The molecule has 4 aromatic carbocycles. The van der Waals surface area contributed by atoms with E-state index in [1.165, 1.54) is 16.3 Å². The molecule has 0 amide bonds. The molecule has 3 nitrogen and oxygen atoms in total. The Morgan fingerprint density at radius 3 is 2.47 bits per heavy atom. The van der Waals surface area contributed by atoms with E-state index in [1.807, 2.05) is 30.3 Å². The third kappa shape index (κ3) is 3.12. The van der Waals surface area contributed by atoms with Crippen molar-refractivity contribution in [3.63, 3.8) is 0 Å². The lowest BCUT2D eigenvalue weighted by atomic mass is 10.2. The molecule has 1 heterocycles. The number of rotatable bonds is 5. The molecule has 0 saturated heterocycles. The second-order valence-corrected chi connectivity index (χ2v) is 9.23. The van der Waals surface area contributed by atoms with Crippen LogP contribution in [-0.2, 0) is 0 Å². The predicted octanol–water partition coefficient (Wildman–Crippen LogP) is 8.40. The van der Waals surface area contributed by atoms with E-state index in [9.17, 15) is 0 Å². The van der Waals surface area contributed by atoms with Crippen LogP contribution in [0.2, 0.25) is 5.02 Å². The van der Waals surface area contributed by atoms with Crippen LogP contribution in [0.25, 0.3) is 27.5 Å². The summed E-state index contributed by atoms with van der Waals surface area (Å²) in [6.45, 7) is 0. The molecule has 5 aromatic rings. The van der Waals surface area contributed by atoms with Gasteiger partial charge in [-0.2, -0.15) is 0 Å². The van der Waals surface area contributed by atoms with Gasteiger partial charge in [-0.15, -0.1) is 0 Å². The third-order valence-corrected chi connectivity index (χ3v) is 6.94. The third-order valence-electron chi connectivity index (χ3n) is 6.71. The molecule has 34 heavy (non-hydrogen) atoms. The maximum absolute atomic E-state index is 6.37. The zero-order valence-corrected chi connectivity index (χ0v) is 19.1. The number of aromatic nitrogens is 1. The number of halogens is 1. The monoisotopic (exact) mass is 460 g/mol. The van der Waals surface area contributed by atoms with Crippen molar-refractivity contribution >= 4 is 44.8 Å². The van der Waals surface area contributed by atoms with Crippen molar-refractivity contribution < 1.29 is 4.74 Å². The number of fused-ring (bicyclic) bond motifs is 4. The molecule has 2 aliphatic carbocycles. The van der Waals surface area contributed by atoms with E-state index >= 15 is 0 Å². The largest absolute Gasteiger partial charge is 0.459 e. The number of para-hydroxylation sites is 3. The van der Waals surface area contributed by atoms with Crippen LogP contribution in [0, 0.1) is 5.92 Å². The van der Waals surface area contributed by atoms with Crippen molar-refractivity contribution in [1.82, 2.24) is 4.57 Å². The van der Waals surface area contributed by atoms with Crippen molar-refractivity contribution in [1.29, 1.82) is 0 Å². The molecule has 1 N–H and O–H groups in total. The van der Waals surface area contributed by atoms with Crippen LogP contribution < -0.4 is 10.1 Å². The number of anilines is 2. The maximum Gasteiger partial charge on any atom is 0.150 e. The van der Waals surface area contributed by atoms with E-state index in [1.54, 1.807) is 0 Å². The standard InChI is InChI=1S/C30H21ClN2O/c31-19-12-17-23-22-6-1-3-10-27(22)33(28(23)18-19)21-15-13-20(14-16-21)32-26-9-2-4-11-29(26)34-30-24-7-5-8-25(24)30/h1-7,9-18,25,32H,8H2. The smallest absolute Gasteiger partial charge is 0.150 e. The first-order valence-corrected chi connectivity index (χ1v) is 11.9. The van der Waals surface area contributed by atoms with Gasteiger partial charge in [-0.25, -0.2) is 0 Å². The highest BCUT2D eigenvalue weighted by Gasteiger charge is 2.39. The van der Waals surface area contributed by atoms with Gasteiger partial charge in [0.2, 0.25) is 0 Å². The minimum Gasteiger partial charge on any atom is -0.459 e. The van der Waals surface area contributed by atoms with Crippen LogP contribution >= 0.6 is 11.6 Å². The second kappa shape index (κ2) is 7.54. The molecule has 0 radical (unpaired) electrons. The highest BCUT2D eigenvalue weighted by atomic mass is 35.5. The van der Waals surface area contributed by atoms with Gasteiger partial charge in [0.25, 0.3) is 0 Å². The first-order chi connectivity index (χ1) is 16.8. The van der Waals surface area contributed by atoms with E-state index in [0.29, 0.717) is 5.92 Å². The number of allylic oxidation sites excluding steroid dienone is 4. The molecule has 0 spiro atoms. The molecule has 164 valence electrons. The second-order valence-electron chi connectivity index (χ2n) is 8.79. The summed E-state index contributed by atoms with van der Waals surface area (Å²) >= 11 is 6.37. The lowest BCUT2D eigenvalue weighted by Gasteiger charge is -2.13. The van der Waals surface area contributed by atoms with Gasteiger partial charge in [0.1, 0.15) is 11.5 Å². The van der Waals surface area contributed by atoms with Gasteiger partial charge < -0.3 is 14.6 Å². The van der Waals surface area contributed by atoms with Gasteiger partial charge in [0.15, 0.2) is 0 Å². The highest BCUT2D eigenvalue weighted by Crippen LogP contribution is 2.49. The van der Waals surface area contributed by atoms with Crippen molar-refractivity contribution in [2.75, 3.05) is 5.32 Å². The van der Waals surface area contributed by atoms with Crippen LogP contribution in [-0.4, -0.2) is 4.57 Å². The SMILES string of the molecule is Clc1ccc2c3ccccc3n(-c3ccc(Nc4ccccc4OC4=C5C=CCC54)cc3)c2c1. The maximum atomic E-state index is 6.37. The molecule has 0 aliphatic heterocycles. The van der Waals surface area contributed by atoms with E-state index in [2.05, 4.69) is 82.7 Å². The zero-order chi connectivity index (χ0) is 22.6. The molecular formula is C30H21ClN2O. The van der Waals surface area contributed by atoms with Crippen LogP contribution in [0.1, 0.15) is 6.42 Å². The van der Waals surface area contributed by atoms with E-state index in [-0.39, 0.29) is 0 Å². The van der Waals surface area contributed by atoms with Crippen molar-refractivity contribution in [3.05, 3.63) is 120 Å². The van der Waals surface area contributed by atoms with Crippen LogP contribution in [0.15, 0.2) is 114 Å². The fourth-order valence-electron chi connectivity index (χ4n) is 5.01. The van der Waals surface area contributed by atoms with Crippen LogP contribution in [0.3, 0.4) is 0 Å².